The number of nitrogens with zero attached hydrogens (tertiary/aromatic N) is 1. The number of unbranched alkanes of at least 4 members (excludes halogenated alkanes) is 4. The van der Waals surface area contributed by atoms with E-state index in [9.17, 15) is 13.0 Å². The van der Waals surface area contributed by atoms with Crippen LogP contribution in [0.25, 0.3) is 0 Å². The van der Waals surface area contributed by atoms with Crippen molar-refractivity contribution in [3.8, 4) is 0 Å². The summed E-state index contributed by atoms with van der Waals surface area (Å²) in [7, 11) is -4.36. The average Bonchev–Trinajstić information content (AvgIpc) is 2.60. The fourth-order valence-corrected chi connectivity index (χ4v) is 19.6. The van der Waals surface area contributed by atoms with E-state index < -0.39 is 27.3 Å². The molecule has 0 heterocycles. The fourth-order valence-electron chi connectivity index (χ4n) is 5.20. The Morgan fingerprint density at radius 3 is 1.29 bits per heavy atom. The molecule has 172 valence electrons. The summed E-state index contributed by atoms with van der Waals surface area (Å²) >= 11 is 12.4. The Labute approximate surface area is 185 Å². The van der Waals surface area contributed by atoms with Crippen molar-refractivity contribution in [1.29, 1.82) is 0 Å². The maximum atomic E-state index is 13.0. The van der Waals surface area contributed by atoms with E-state index in [1.54, 1.807) is 13.8 Å². The van der Waals surface area contributed by atoms with Crippen molar-refractivity contribution in [3.63, 3.8) is 0 Å². The summed E-state index contributed by atoms with van der Waals surface area (Å²) in [6.45, 7) is 9.17. The normalized spacial score (nSPS) is 16.1. The molecule has 8 heteroatoms. The molecule has 0 aromatic carbocycles. The first kappa shape index (κ1) is 28.9. The van der Waals surface area contributed by atoms with Crippen molar-refractivity contribution < 1.29 is 13.0 Å². The Bertz CT molecular complexity index is 512. The van der Waals surface area contributed by atoms with Gasteiger partial charge in [0.25, 0.3) is 0 Å². The third-order valence-corrected chi connectivity index (χ3v) is 19.1. The Morgan fingerprint density at radius 1 is 0.821 bits per heavy atom. The average molecular weight is 481 g/mol. The standard InChI is InChI=1S/C20H44Cl2NO3PS/c1-7-11-15-27(16-12-8-2,17-13-9-3,18-14-10-4)19(28(24,25)26)20(5,6)23(21)22/h19H,7-18H2,1-6H3,(H,24,25,26). The summed E-state index contributed by atoms with van der Waals surface area (Å²) in [5, 5.41) is 0. The monoisotopic (exact) mass is 479 g/mol. The molecule has 0 aliphatic rings. The molecule has 0 aliphatic heterocycles. The van der Waals surface area contributed by atoms with Gasteiger partial charge in [-0.05, 0) is 0 Å². The van der Waals surface area contributed by atoms with E-state index in [0.717, 1.165) is 80.0 Å². The van der Waals surface area contributed by atoms with Gasteiger partial charge in [0.1, 0.15) is 0 Å². The van der Waals surface area contributed by atoms with Crippen LogP contribution >= 0.6 is 30.2 Å². The molecule has 0 radical (unpaired) electrons. The van der Waals surface area contributed by atoms with Crippen molar-refractivity contribution in [3.05, 3.63) is 0 Å². The van der Waals surface area contributed by atoms with Crippen LogP contribution in [0, 0.1) is 0 Å². The molecule has 1 atom stereocenters. The summed E-state index contributed by atoms with van der Waals surface area (Å²) in [4.78, 5) is -0.933. The Balaban J connectivity index is 7.03. The number of rotatable bonds is 16. The predicted octanol–water partition coefficient (Wildman–Crippen LogP) is 7.34. The molecule has 0 rings (SSSR count). The Morgan fingerprint density at radius 2 is 1.11 bits per heavy atom. The van der Waals surface area contributed by atoms with Crippen LogP contribution < -0.4 is 0 Å². The third-order valence-electron chi connectivity index (χ3n) is 6.45. The van der Waals surface area contributed by atoms with Crippen molar-refractivity contribution in [2.45, 2.75) is 103 Å². The van der Waals surface area contributed by atoms with Crippen LogP contribution in [0.2, 0.25) is 0 Å². The van der Waals surface area contributed by atoms with Crippen LogP contribution in [0.4, 0.5) is 0 Å². The zero-order valence-electron chi connectivity index (χ0n) is 18.9. The molecular formula is C20H44Cl2NO3PS. The van der Waals surface area contributed by atoms with Gasteiger partial charge >= 0.3 is 185 Å². The first-order chi connectivity index (χ1) is 12.9. The molecule has 0 fully saturated rings. The molecule has 28 heavy (non-hydrogen) atoms. The maximum absolute atomic E-state index is 13.0. The molecule has 4 nitrogen and oxygen atoms in total. The molecule has 0 aromatic heterocycles. The van der Waals surface area contributed by atoms with Gasteiger partial charge in [-0.2, -0.15) is 0 Å². The molecule has 1 unspecified atom stereocenters. The van der Waals surface area contributed by atoms with Gasteiger partial charge in [0.2, 0.25) is 0 Å². The van der Waals surface area contributed by atoms with Gasteiger partial charge < -0.3 is 0 Å². The quantitative estimate of drug-likeness (QED) is 0.143. The zero-order valence-corrected chi connectivity index (χ0v) is 22.1. The zero-order chi connectivity index (χ0) is 22.1. The molecular weight excluding hydrogens is 436 g/mol. The molecule has 0 saturated carbocycles. The van der Waals surface area contributed by atoms with E-state index in [-0.39, 0.29) is 0 Å². The second-order valence-corrected chi connectivity index (χ2v) is 18.3. The van der Waals surface area contributed by atoms with Gasteiger partial charge in [0.15, 0.2) is 0 Å². The number of hydrogen-bond donors (Lipinski definition) is 1. The molecule has 0 aromatic rings. The molecule has 1 N–H and O–H groups in total. The van der Waals surface area contributed by atoms with Crippen molar-refractivity contribution in [2.75, 3.05) is 24.6 Å². The van der Waals surface area contributed by atoms with Crippen LogP contribution in [0.1, 0.15) is 92.9 Å². The SMILES string of the molecule is CCCCP(CCCC)(CCCC)(CCCC)C(C(C)(C)N(Cl)Cl)S(=O)(=O)O. The molecule has 0 spiro atoms. The topological polar surface area (TPSA) is 57.6 Å². The van der Waals surface area contributed by atoms with Gasteiger partial charge in [0.05, 0.1) is 0 Å². The van der Waals surface area contributed by atoms with Gasteiger partial charge in [-0.15, -0.1) is 0 Å². The molecule has 0 bridgehead atoms. The van der Waals surface area contributed by atoms with Crippen molar-refractivity contribution >= 4 is 40.3 Å². The van der Waals surface area contributed by atoms with Gasteiger partial charge in [-0.1, -0.05) is 0 Å². The molecule has 0 saturated heterocycles. The van der Waals surface area contributed by atoms with Crippen LogP contribution in [0.15, 0.2) is 0 Å². The van der Waals surface area contributed by atoms with E-state index in [1.165, 1.54) is 0 Å². The van der Waals surface area contributed by atoms with Gasteiger partial charge in [-0.25, -0.2) is 0 Å². The van der Waals surface area contributed by atoms with Crippen LogP contribution in [-0.2, 0) is 10.1 Å². The first-order valence-corrected chi connectivity index (χ1v) is 16.2. The fraction of sp³-hybridized carbons (Fsp3) is 1.00. The van der Waals surface area contributed by atoms with Crippen molar-refractivity contribution in [2.24, 2.45) is 0 Å². The van der Waals surface area contributed by atoms with Gasteiger partial charge in [-0.3, -0.25) is 0 Å². The van der Waals surface area contributed by atoms with E-state index in [0.29, 0.717) is 0 Å². The summed E-state index contributed by atoms with van der Waals surface area (Å²) in [6.07, 6.45) is 11.5. The predicted molar refractivity (Wildman–Crippen MR) is 129 cm³/mol. The first-order valence-electron chi connectivity index (χ1n) is 11.0. The van der Waals surface area contributed by atoms with E-state index >= 15 is 0 Å². The summed E-state index contributed by atoms with van der Waals surface area (Å²) in [5.74, 6) is 0. The van der Waals surface area contributed by atoms with E-state index in [1.807, 2.05) is 0 Å². The second kappa shape index (κ2) is 12.1. The number of hydrogen-bond acceptors (Lipinski definition) is 3. The molecule has 0 amide bonds. The minimum absolute atomic E-state index is 0.887. The number of halogens is 2. The summed E-state index contributed by atoms with van der Waals surface area (Å²) < 4.78 is 37.7. The second-order valence-electron chi connectivity index (χ2n) is 9.13. The van der Waals surface area contributed by atoms with E-state index in [2.05, 4.69) is 27.7 Å². The Kier molecular flexibility index (Phi) is 12.4. The van der Waals surface area contributed by atoms with Crippen LogP contribution in [0.3, 0.4) is 0 Å². The third kappa shape index (κ3) is 6.95. The minimum atomic E-state index is -4.36. The van der Waals surface area contributed by atoms with Crippen LogP contribution in [-0.4, -0.2) is 52.1 Å². The Hall–Kier alpha value is 0.880. The van der Waals surface area contributed by atoms with Crippen molar-refractivity contribution in [1.82, 2.24) is 3.94 Å². The molecule has 0 aliphatic carbocycles. The summed E-state index contributed by atoms with van der Waals surface area (Å²) in [6, 6.07) is 0. The van der Waals surface area contributed by atoms with E-state index in [4.69, 9.17) is 23.6 Å². The van der Waals surface area contributed by atoms with Crippen LogP contribution in [0.5, 0.6) is 0 Å². The van der Waals surface area contributed by atoms with Gasteiger partial charge in [0, 0.05) is 0 Å². The summed E-state index contributed by atoms with van der Waals surface area (Å²) in [5.41, 5.74) is -1.07.